The molecule has 5 heteroatoms. The third-order valence-electron chi connectivity index (χ3n) is 7.18. The summed E-state index contributed by atoms with van der Waals surface area (Å²) in [4.78, 5) is 4.93. The van der Waals surface area contributed by atoms with E-state index in [1.54, 1.807) is 0 Å². The second kappa shape index (κ2) is 12.3. The Bertz CT molecular complexity index is 789. The van der Waals surface area contributed by atoms with Gasteiger partial charge in [-0.15, -0.1) is 0 Å². The first-order valence-corrected chi connectivity index (χ1v) is 12.7. The molecule has 0 bridgehead atoms. The molecule has 0 aliphatic carbocycles. The van der Waals surface area contributed by atoms with Crippen molar-refractivity contribution < 1.29 is 14.2 Å². The maximum atomic E-state index is 6.30. The Morgan fingerprint density at radius 1 is 0.636 bits per heavy atom. The van der Waals surface area contributed by atoms with Crippen LogP contribution in [0.25, 0.3) is 0 Å². The van der Waals surface area contributed by atoms with Crippen LogP contribution in [0.2, 0.25) is 0 Å². The molecule has 180 valence electrons. The Morgan fingerprint density at radius 3 is 1.48 bits per heavy atom. The number of benzene rings is 2. The maximum absolute atomic E-state index is 6.30. The molecule has 0 aromatic heterocycles. The summed E-state index contributed by atoms with van der Waals surface area (Å²) in [5.41, 5.74) is 0. The van der Waals surface area contributed by atoms with Gasteiger partial charge in [0.1, 0.15) is 0 Å². The number of ether oxygens (including phenoxy) is 3. The second-order valence-electron chi connectivity index (χ2n) is 9.53. The van der Waals surface area contributed by atoms with Gasteiger partial charge in [-0.2, -0.15) is 0 Å². The van der Waals surface area contributed by atoms with E-state index >= 15 is 0 Å². The molecule has 2 aromatic rings. The van der Waals surface area contributed by atoms with Crippen LogP contribution < -0.4 is 14.2 Å². The Labute approximate surface area is 199 Å². The van der Waals surface area contributed by atoms with Gasteiger partial charge < -0.3 is 24.0 Å². The van der Waals surface area contributed by atoms with Crippen molar-refractivity contribution in [2.24, 2.45) is 0 Å². The Balaban J connectivity index is 1.33. The minimum atomic E-state index is 0.615. The third-order valence-corrected chi connectivity index (χ3v) is 7.18. The summed E-state index contributed by atoms with van der Waals surface area (Å²) in [5.74, 6) is 3.04. The van der Waals surface area contributed by atoms with Crippen LogP contribution in [0.3, 0.4) is 0 Å². The molecule has 0 radical (unpaired) electrons. The van der Waals surface area contributed by atoms with E-state index in [1.807, 2.05) is 48.5 Å². The van der Waals surface area contributed by atoms with Crippen molar-refractivity contribution in [2.75, 3.05) is 40.4 Å². The van der Waals surface area contributed by atoms with E-state index < -0.39 is 0 Å². The zero-order chi connectivity index (χ0) is 22.9. The fourth-order valence-electron chi connectivity index (χ4n) is 5.05. The van der Waals surface area contributed by atoms with Gasteiger partial charge in [-0.05, 0) is 90.0 Å². The smallest absolute Gasteiger partial charge is 0.169 e. The van der Waals surface area contributed by atoms with Crippen molar-refractivity contribution in [1.82, 2.24) is 9.80 Å². The first-order valence-electron chi connectivity index (χ1n) is 12.7. The molecule has 33 heavy (non-hydrogen) atoms. The molecule has 0 amide bonds. The highest BCUT2D eigenvalue weighted by molar-refractivity contribution is 5.47. The monoisotopic (exact) mass is 452 g/mol. The lowest BCUT2D eigenvalue weighted by Gasteiger charge is -2.32. The van der Waals surface area contributed by atoms with Crippen LogP contribution in [0, 0.1) is 0 Å². The normalized spacial score (nSPS) is 22.1. The number of para-hydroxylation sites is 4. The van der Waals surface area contributed by atoms with Gasteiger partial charge in [-0.1, -0.05) is 37.1 Å². The van der Waals surface area contributed by atoms with Gasteiger partial charge in [0.2, 0.25) is 0 Å². The average Bonchev–Trinajstić information content (AvgIpc) is 2.84. The van der Waals surface area contributed by atoms with Crippen LogP contribution in [-0.4, -0.2) is 62.3 Å². The number of rotatable bonds is 10. The van der Waals surface area contributed by atoms with Crippen LogP contribution in [0.1, 0.15) is 51.4 Å². The molecular weight excluding hydrogens is 412 g/mol. The quantitative estimate of drug-likeness (QED) is 0.443. The summed E-state index contributed by atoms with van der Waals surface area (Å²) >= 11 is 0. The molecule has 0 spiro atoms. The van der Waals surface area contributed by atoms with E-state index in [0.717, 1.165) is 35.8 Å². The van der Waals surface area contributed by atoms with Crippen LogP contribution in [0.15, 0.2) is 48.5 Å². The lowest BCUT2D eigenvalue weighted by atomic mass is 10.0. The van der Waals surface area contributed by atoms with Crippen molar-refractivity contribution in [3.63, 3.8) is 0 Å². The molecule has 2 saturated heterocycles. The summed E-state index contributed by atoms with van der Waals surface area (Å²) in [6.07, 6.45) is 9.87. The van der Waals surface area contributed by atoms with Gasteiger partial charge >= 0.3 is 0 Å². The molecule has 2 heterocycles. The van der Waals surface area contributed by atoms with Gasteiger partial charge in [0.05, 0.1) is 13.2 Å². The van der Waals surface area contributed by atoms with E-state index in [0.29, 0.717) is 25.3 Å². The van der Waals surface area contributed by atoms with Crippen molar-refractivity contribution in [1.29, 1.82) is 0 Å². The zero-order valence-electron chi connectivity index (χ0n) is 20.4. The predicted octanol–water partition coefficient (Wildman–Crippen LogP) is 5.99. The fraction of sp³-hybridized carbons (Fsp3) is 0.571. The predicted molar refractivity (Wildman–Crippen MR) is 134 cm³/mol. The van der Waals surface area contributed by atoms with Gasteiger partial charge in [0.25, 0.3) is 0 Å². The Kier molecular flexibility index (Phi) is 8.90. The fourth-order valence-corrected chi connectivity index (χ4v) is 5.05. The summed E-state index contributed by atoms with van der Waals surface area (Å²) in [6.45, 7) is 3.78. The van der Waals surface area contributed by atoms with Crippen LogP contribution in [-0.2, 0) is 0 Å². The number of likely N-dealkylation sites (tertiary alicyclic amines) is 2. The van der Waals surface area contributed by atoms with E-state index in [4.69, 9.17) is 14.2 Å². The second-order valence-corrected chi connectivity index (χ2v) is 9.53. The lowest BCUT2D eigenvalue weighted by molar-refractivity contribution is 0.151. The summed E-state index contributed by atoms with van der Waals surface area (Å²) in [7, 11) is 4.45. The first-order chi connectivity index (χ1) is 16.2. The number of piperidine rings is 2. The van der Waals surface area contributed by atoms with E-state index in [2.05, 4.69) is 23.9 Å². The highest BCUT2D eigenvalue weighted by Crippen LogP contribution is 2.36. The summed E-state index contributed by atoms with van der Waals surface area (Å²) < 4.78 is 18.6. The van der Waals surface area contributed by atoms with Crippen molar-refractivity contribution >= 4 is 0 Å². The maximum Gasteiger partial charge on any atom is 0.169 e. The number of nitrogens with zero attached hydrogens (tertiary/aromatic N) is 2. The van der Waals surface area contributed by atoms with Gasteiger partial charge in [0, 0.05) is 12.1 Å². The minimum Gasteiger partial charge on any atom is -0.490 e. The lowest BCUT2D eigenvalue weighted by Crippen LogP contribution is -2.37. The number of hydrogen-bond donors (Lipinski definition) is 0. The van der Waals surface area contributed by atoms with Crippen molar-refractivity contribution in [3.8, 4) is 23.0 Å². The van der Waals surface area contributed by atoms with Gasteiger partial charge in [-0.3, -0.25) is 0 Å². The average molecular weight is 453 g/mol. The third kappa shape index (κ3) is 6.87. The van der Waals surface area contributed by atoms with Crippen LogP contribution >= 0.6 is 0 Å². The van der Waals surface area contributed by atoms with Gasteiger partial charge in [-0.25, -0.2) is 0 Å². The summed E-state index contributed by atoms with van der Waals surface area (Å²) in [5, 5.41) is 0. The molecule has 2 unspecified atom stereocenters. The molecule has 5 nitrogen and oxygen atoms in total. The number of hydrogen-bond acceptors (Lipinski definition) is 5. The minimum absolute atomic E-state index is 0.615. The SMILES string of the molecule is CN1CCCCC1CCOc1ccccc1Oc1ccccc1OCCC1CCCCN1C. The molecule has 2 aromatic carbocycles. The van der Waals surface area contributed by atoms with Crippen molar-refractivity contribution in [2.45, 2.75) is 63.5 Å². The standard InChI is InChI=1S/C28H40N2O3/c1-29-19-9-7-11-23(29)17-21-31-25-13-3-5-15-27(25)33-28-16-6-4-14-26(28)32-22-18-24-12-8-10-20-30(24)2/h3-6,13-16,23-24H,7-12,17-22H2,1-2H3. The zero-order valence-corrected chi connectivity index (χ0v) is 20.4. The molecule has 0 saturated carbocycles. The Hall–Kier alpha value is -2.24. The highest BCUT2D eigenvalue weighted by Gasteiger charge is 2.20. The van der Waals surface area contributed by atoms with E-state index in [-0.39, 0.29) is 0 Å². The van der Waals surface area contributed by atoms with Crippen LogP contribution in [0.5, 0.6) is 23.0 Å². The van der Waals surface area contributed by atoms with E-state index in [1.165, 1.54) is 51.6 Å². The molecular formula is C28H40N2O3. The molecule has 2 atom stereocenters. The van der Waals surface area contributed by atoms with Crippen LogP contribution in [0.4, 0.5) is 0 Å². The first kappa shape index (κ1) is 23.9. The topological polar surface area (TPSA) is 34.2 Å². The van der Waals surface area contributed by atoms with E-state index in [9.17, 15) is 0 Å². The van der Waals surface area contributed by atoms with Gasteiger partial charge in [0.15, 0.2) is 23.0 Å². The largest absolute Gasteiger partial charge is 0.490 e. The van der Waals surface area contributed by atoms with Crippen molar-refractivity contribution in [3.05, 3.63) is 48.5 Å². The molecule has 2 aliphatic rings. The molecule has 4 rings (SSSR count). The molecule has 0 N–H and O–H groups in total. The molecule has 2 aliphatic heterocycles. The molecule has 2 fully saturated rings. The highest BCUT2D eigenvalue weighted by atomic mass is 16.5. The summed E-state index contributed by atoms with van der Waals surface area (Å²) in [6, 6.07) is 17.1. The Morgan fingerprint density at radius 2 is 1.06 bits per heavy atom.